The summed E-state index contributed by atoms with van der Waals surface area (Å²) in [4.78, 5) is 4.22. The maximum absolute atomic E-state index is 9.08. The van der Waals surface area contributed by atoms with Crippen LogP contribution in [0, 0.1) is 10.8 Å². The van der Waals surface area contributed by atoms with Gasteiger partial charge in [0.2, 0.25) is 0 Å². The first-order valence-corrected chi connectivity index (χ1v) is 14.6. The van der Waals surface area contributed by atoms with Gasteiger partial charge < -0.3 is 16.0 Å². The number of benzene rings is 5. The first kappa shape index (κ1) is 28.3. The van der Waals surface area contributed by atoms with Gasteiger partial charge in [-0.05, 0) is 81.4 Å². The molecule has 0 aliphatic rings. The van der Waals surface area contributed by atoms with Gasteiger partial charge in [0.05, 0.1) is 11.4 Å². The molecular weight excluding hydrogens is 538 g/mol. The number of aromatic nitrogens is 1. The topological polar surface area (TPSA) is 84.7 Å². The second kappa shape index (κ2) is 13.4. The highest BCUT2D eigenvalue weighted by Crippen LogP contribution is 2.32. The lowest BCUT2D eigenvalue weighted by Gasteiger charge is -2.18. The molecule has 5 aromatic carbocycles. The van der Waals surface area contributed by atoms with E-state index in [-0.39, 0.29) is 0 Å². The molecule has 0 aliphatic heterocycles. The van der Waals surface area contributed by atoms with Crippen molar-refractivity contribution in [2.75, 3.05) is 5.32 Å². The molecule has 0 saturated heterocycles. The molecule has 4 N–H and O–H groups in total. The number of hydrogen-bond acceptors (Lipinski definition) is 5. The zero-order valence-corrected chi connectivity index (χ0v) is 24.3. The van der Waals surface area contributed by atoms with E-state index < -0.39 is 0 Å². The number of pyridine rings is 1. The van der Waals surface area contributed by atoms with E-state index in [9.17, 15) is 0 Å². The van der Waals surface area contributed by atoms with Crippen molar-refractivity contribution in [1.82, 2.24) is 10.3 Å². The number of anilines is 1. The Morgan fingerprint density at radius 3 is 2.11 bits per heavy atom. The third-order valence-electron chi connectivity index (χ3n) is 7.64. The number of fused-ring (bicyclic) bond motifs is 1. The van der Waals surface area contributed by atoms with Gasteiger partial charge in [-0.3, -0.25) is 10.4 Å². The van der Waals surface area contributed by atoms with Crippen molar-refractivity contribution < 1.29 is 0 Å². The summed E-state index contributed by atoms with van der Waals surface area (Å²) in [5, 5.41) is 25.4. The van der Waals surface area contributed by atoms with Crippen LogP contribution in [0.1, 0.15) is 22.3 Å². The van der Waals surface area contributed by atoms with Gasteiger partial charge in [0.1, 0.15) is 0 Å². The van der Waals surface area contributed by atoms with Gasteiger partial charge in [0.15, 0.2) is 0 Å². The average molecular weight is 572 g/mol. The van der Waals surface area contributed by atoms with Crippen molar-refractivity contribution in [3.63, 3.8) is 0 Å². The molecule has 44 heavy (non-hydrogen) atoms. The van der Waals surface area contributed by atoms with Crippen LogP contribution >= 0.6 is 0 Å². The summed E-state index contributed by atoms with van der Waals surface area (Å²) in [5.74, 6) is 0. The van der Waals surface area contributed by atoms with Crippen LogP contribution in [-0.2, 0) is 13.1 Å². The van der Waals surface area contributed by atoms with Gasteiger partial charge in [0, 0.05) is 48.2 Å². The molecule has 5 heteroatoms. The normalized spacial score (nSPS) is 11.0. The van der Waals surface area contributed by atoms with E-state index in [1.165, 1.54) is 11.8 Å². The fraction of sp³-hybridized carbons (Fsp3) is 0.0513. The second-order valence-corrected chi connectivity index (χ2v) is 10.6. The van der Waals surface area contributed by atoms with Crippen molar-refractivity contribution in [3.8, 4) is 22.3 Å². The van der Waals surface area contributed by atoms with Crippen molar-refractivity contribution in [2.45, 2.75) is 13.1 Å². The molecule has 214 valence electrons. The maximum atomic E-state index is 9.08. The van der Waals surface area contributed by atoms with Crippen molar-refractivity contribution in [3.05, 3.63) is 168 Å². The predicted octanol–water partition coefficient (Wildman–Crippen LogP) is 8.85. The maximum Gasteiger partial charge on any atom is 0.0705 e. The SMILES string of the molecule is N=C/C=C\NCc1ccc(-c2cc(CNc3c(C(=N)c4ccccc4)ccc4ccccc34)cc(-c3ccncc3)c2)cc1. The van der Waals surface area contributed by atoms with Crippen LogP contribution < -0.4 is 10.6 Å². The molecule has 0 unspecified atom stereocenters. The third-order valence-corrected chi connectivity index (χ3v) is 7.64. The zero-order chi connectivity index (χ0) is 30.1. The Bertz CT molecular complexity index is 1930. The van der Waals surface area contributed by atoms with E-state index in [1.807, 2.05) is 60.9 Å². The van der Waals surface area contributed by atoms with Crippen molar-refractivity contribution in [1.29, 1.82) is 10.8 Å². The van der Waals surface area contributed by atoms with Gasteiger partial charge in [-0.2, -0.15) is 0 Å². The molecule has 0 bridgehead atoms. The van der Waals surface area contributed by atoms with E-state index in [0.29, 0.717) is 18.8 Å². The van der Waals surface area contributed by atoms with Gasteiger partial charge in [-0.15, -0.1) is 0 Å². The standard InChI is InChI=1S/C39H33N5/c40-19-6-20-43-26-28-11-13-30(14-12-28)34-23-29(24-35(25-34)31-17-21-42-22-18-31)27-44-39-36-10-5-4-7-32(36)15-16-37(39)38(41)33-8-2-1-3-9-33/h1-25,40-41,43-44H,26-27H2/b20-6-,40-19?,41-38?. The molecule has 0 atom stereocenters. The highest BCUT2D eigenvalue weighted by atomic mass is 14.9. The molecule has 0 spiro atoms. The Labute approximate surface area is 258 Å². The smallest absolute Gasteiger partial charge is 0.0705 e. The summed E-state index contributed by atoms with van der Waals surface area (Å²) >= 11 is 0. The van der Waals surface area contributed by atoms with Crippen LogP contribution in [0.4, 0.5) is 5.69 Å². The minimum absolute atomic E-state index is 0.493. The molecule has 1 aromatic heterocycles. The first-order chi connectivity index (χ1) is 21.7. The van der Waals surface area contributed by atoms with Crippen molar-refractivity contribution >= 4 is 28.4 Å². The lowest BCUT2D eigenvalue weighted by molar-refractivity contribution is 0.871. The first-order valence-electron chi connectivity index (χ1n) is 14.6. The number of hydrogen-bond donors (Lipinski definition) is 4. The molecule has 0 radical (unpaired) electrons. The van der Waals surface area contributed by atoms with Gasteiger partial charge in [0.25, 0.3) is 0 Å². The van der Waals surface area contributed by atoms with E-state index in [2.05, 4.69) is 88.4 Å². The van der Waals surface area contributed by atoms with Crippen LogP contribution in [0.2, 0.25) is 0 Å². The quantitative estimate of drug-likeness (QED) is 0.117. The van der Waals surface area contributed by atoms with Gasteiger partial charge in [-0.25, -0.2) is 0 Å². The highest BCUT2D eigenvalue weighted by molar-refractivity contribution is 6.17. The summed E-state index contributed by atoms with van der Waals surface area (Å²) in [7, 11) is 0. The fourth-order valence-corrected chi connectivity index (χ4v) is 5.40. The Balaban J connectivity index is 1.35. The number of rotatable bonds is 11. The lowest BCUT2D eigenvalue weighted by Crippen LogP contribution is -2.09. The second-order valence-electron chi connectivity index (χ2n) is 10.6. The number of nitrogens with one attached hydrogen (secondary N) is 4. The summed E-state index contributed by atoms with van der Waals surface area (Å²) in [5.41, 5.74) is 10.0. The monoisotopic (exact) mass is 571 g/mol. The van der Waals surface area contributed by atoms with E-state index in [0.717, 1.165) is 55.4 Å². The van der Waals surface area contributed by atoms with E-state index in [1.54, 1.807) is 12.3 Å². The summed E-state index contributed by atoms with van der Waals surface area (Å²) in [6, 6.07) is 41.7. The zero-order valence-electron chi connectivity index (χ0n) is 24.3. The molecule has 6 aromatic rings. The summed E-state index contributed by atoms with van der Waals surface area (Å²) in [6.45, 7) is 1.29. The Morgan fingerprint density at radius 2 is 1.36 bits per heavy atom. The molecule has 0 aliphatic carbocycles. The predicted molar refractivity (Wildman–Crippen MR) is 184 cm³/mol. The Hall–Kier alpha value is -5.81. The third kappa shape index (κ3) is 6.48. The molecule has 0 amide bonds. The van der Waals surface area contributed by atoms with Crippen LogP contribution in [0.5, 0.6) is 0 Å². The van der Waals surface area contributed by atoms with Crippen molar-refractivity contribution in [2.24, 2.45) is 0 Å². The molecule has 0 saturated carbocycles. The number of allylic oxidation sites excluding steroid dienone is 1. The minimum Gasteiger partial charge on any atom is -0.387 e. The van der Waals surface area contributed by atoms with Crippen LogP contribution in [0.25, 0.3) is 33.0 Å². The number of nitrogens with zero attached hydrogens (tertiary/aromatic N) is 1. The van der Waals surface area contributed by atoms with E-state index in [4.69, 9.17) is 10.8 Å². The van der Waals surface area contributed by atoms with Gasteiger partial charge in [-0.1, -0.05) is 91.0 Å². The average Bonchev–Trinajstić information content (AvgIpc) is 3.09. The molecule has 6 rings (SSSR count). The van der Waals surface area contributed by atoms with Crippen LogP contribution in [0.15, 0.2) is 146 Å². The Morgan fingerprint density at radius 1 is 0.659 bits per heavy atom. The van der Waals surface area contributed by atoms with Crippen LogP contribution in [0.3, 0.4) is 0 Å². The van der Waals surface area contributed by atoms with E-state index >= 15 is 0 Å². The highest BCUT2D eigenvalue weighted by Gasteiger charge is 2.14. The fourth-order valence-electron chi connectivity index (χ4n) is 5.40. The summed E-state index contributed by atoms with van der Waals surface area (Å²) in [6.07, 6.45) is 8.35. The summed E-state index contributed by atoms with van der Waals surface area (Å²) < 4.78 is 0. The molecule has 5 nitrogen and oxygen atoms in total. The molecule has 0 fully saturated rings. The van der Waals surface area contributed by atoms with Gasteiger partial charge >= 0.3 is 0 Å². The lowest BCUT2D eigenvalue weighted by atomic mass is 9.95. The Kier molecular flexibility index (Phi) is 8.65. The molecular formula is C39H33N5. The van der Waals surface area contributed by atoms with Crippen LogP contribution in [-0.4, -0.2) is 16.9 Å². The molecule has 1 heterocycles. The minimum atomic E-state index is 0.493. The largest absolute Gasteiger partial charge is 0.387 e.